The molecule has 3 aromatic heterocycles. The maximum absolute atomic E-state index is 12.7. The highest BCUT2D eigenvalue weighted by atomic mass is 32.2. The van der Waals surface area contributed by atoms with Gasteiger partial charge in [0.2, 0.25) is 5.82 Å². The van der Waals surface area contributed by atoms with E-state index in [1.807, 2.05) is 30.3 Å². The van der Waals surface area contributed by atoms with Crippen LogP contribution in [0.5, 0.6) is 0 Å². The lowest BCUT2D eigenvalue weighted by molar-refractivity contribution is -0.159. The van der Waals surface area contributed by atoms with Gasteiger partial charge in [-0.2, -0.15) is 18.2 Å². The Morgan fingerprint density at radius 1 is 1.17 bits per heavy atom. The number of nitrogens with zero attached hydrogens (tertiary/aromatic N) is 5. The molecule has 0 spiro atoms. The molecule has 11 heteroatoms. The van der Waals surface area contributed by atoms with Gasteiger partial charge in [-0.15, -0.1) is 0 Å². The minimum absolute atomic E-state index is 0.152. The van der Waals surface area contributed by atoms with Crippen LogP contribution in [-0.4, -0.2) is 30.0 Å². The second-order valence-electron chi connectivity index (χ2n) is 6.71. The fourth-order valence-corrected chi connectivity index (χ4v) is 4.14. The van der Waals surface area contributed by atoms with E-state index in [4.69, 9.17) is 0 Å². The van der Waals surface area contributed by atoms with Gasteiger partial charge in [-0.1, -0.05) is 35.5 Å². The molecule has 1 unspecified atom stereocenters. The lowest BCUT2D eigenvalue weighted by atomic mass is 10.2. The second-order valence-corrected chi connectivity index (χ2v) is 9.18. The van der Waals surface area contributed by atoms with E-state index < -0.39 is 21.8 Å². The topological polar surface area (TPSA) is 85.7 Å². The molecule has 4 rings (SSSR count). The van der Waals surface area contributed by atoms with Gasteiger partial charge in [-0.05, 0) is 17.7 Å². The molecule has 1 aromatic carbocycles. The van der Waals surface area contributed by atoms with Gasteiger partial charge in [-0.25, -0.2) is 13.6 Å². The van der Waals surface area contributed by atoms with Crippen molar-refractivity contribution in [3.8, 4) is 11.4 Å². The minimum atomic E-state index is -4.70. The van der Waals surface area contributed by atoms with Crippen molar-refractivity contribution in [2.75, 3.05) is 6.26 Å². The van der Waals surface area contributed by atoms with Crippen molar-refractivity contribution in [2.24, 2.45) is 4.36 Å². The van der Waals surface area contributed by atoms with Crippen LogP contribution in [-0.2, 0) is 28.2 Å². The first kappa shape index (κ1) is 20.1. The molecule has 0 amide bonds. The molecule has 7 nitrogen and oxygen atoms in total. The van der Waals surface area contributed by atoms with E-state index in [1.165, 1.54) is 0 Å². The third-order valence-corrected chi connectivity index (χ3v) is 5.76. The lowest BCUT2D eigenvalue weighted by Crippen LogP contribution is -2.04. The Bertz CT molecular complexity index is 1300. The zero-order valence-electron chi connectivity index (χ0n) is 15.7. The molecule has 30 heavy (non-hydrogen) atoms. The molecule has 4 aromatic rings. The standard InChI is InChI=1S/C19H16F3N5O2S/c1-30(28,12-13-5-3-2-4-6-13)23-10-15-11-27-8-7-14(9-16(27)24-15)17-25-18(29-26-17)19(20,21)22/h2-9,11H,10,12H2,1H3. The van der Waals surface area contributed by atoms with Crippen LogP contribution < -0.4 is 0 Å². The van der Waals surface area contributed by atoms with Gasteiger partial charge >= 0.3 is 12.1 Å². The van der Waals surface area contributed by atoms with Crippen molar-refractivity contribution < 1.29 is 21.9 Å². The van der Waals surface area contributed by atoms with Crippen molar-refractivity contribution >= 4 is 15.4 Å². The Morgan fingerprint density at radius 2 is 1.93 bits per heavy atom. The number of pyridine rings is 1. The summed E-state index contributed by atoms with van der Waals surface area (Å²) in [6.45, 7) is 0.152. The average molecular weight is 435 g/mol. The first-order valence-corrected chi connectivity index (χ1v) is 10.9. The van der Waals surface area contributed by atoms with Crippen molar-refractivity contribution in [3.05, 3.63) is 72.0 Å². The number of halogens is 3. The summed E-state index contributed by atoms with van der Waals surface area (Å²) in [5, 5.41) is 3.38. The van der Waals surface area contributed by atoms with Crippen LogP contribution in [0.2, 0.25) is 0 Å². The number of imidazole rings is 1. The molecular weight excluding hydrogens is 419 g/mol. The molecule has 0 radical (unpaired) electrons. The minimum Gasteiger partial charge on any atom is -0.329 e. The molecule has 0 aliphatic carbocycles. The van der Waals surface area contributed by atoms with Crippen molar-refractivity contribution in [3.63, 3.8) is 0 Å². The zero-order chi connectivity index (χ0) is 21.4. The van der Waals surface area contributed by atoms with Gasteiger partial charge in [0, 0.05) is 33.9 Å². The van der Waals surface area contributed by atoms with E-state index in [1.54, 1.807) is 35.2 Å². The maximum atomic E-state index is 12.7. The van der Waals surface area contributed by atoms with Crippen LogP contribution in [0.1, 0.15) is 17.1 Å². The Kier molecular flexibility index (Phi) is 5.06. The first-order valence-electron chi connectivity index (χ1n) is 8.78. The Hall–Kier alpha value is -3.21. The number of rotatable bonds is 5. The first-order chi connectivity index (χ1) is 14.2. The predicted molar refractivity (Wildman–Crippen MR) is 104 cm³/mol. The summed E-state index contributed by atoms with van der Waals surface area (Å²) in [7, 11) is -2.45. The molecular formula is C19H16F3N5O2S. The summed E-state index contributed by atoms with van der Waals surface area (Å²) in [6, 6.07) is 12.5. The number of benzene rings is 1. The molecule has 0 aliphatic rings. The number of aromatic nitrogens is 4. The number of fused-ring (bicyclic) bond motifs is 1. The van der Waals surface area contributed by atoms with Crippen LogP contribution in [0.3, 0.4) is 0 Å². The number of alkyl halides is 3. The summed E-state index contributed by atoms with van der Waals surface area (Å²) in [5.41, 5.74) is 2.33. The summed E-state index contributed by atoms with van der Waals surface area (Å²) in [4.78, 5) is 7.78. The Labute approximate surface area is 169 Å². The predicted octanol–water partition coefficient (Wildman–Crippen LogP) is 4.20. The van der Waals surface area contributed by atoms with Crippen molar-refractivity contribution in [2.45, 2.75) is 18.5 Å². The van der Waals surface area contributed by atoms with Gasteiger partial charge in [-0.3, -0.25) is 0 Å². The van der Waals surface area contributed by atoms with E-state index in [0.717, 1.165) is 5.56 Å². The lowest BCUT2D eigenvalue weighted by Gasteiger charge is -2.03. The zero-order valence-corrected chi connectivity index (χ0v) is 16.5. The van der Waals surface area contributed by atoms with Crippen LogP contribution in [0.4, 0.5) is 13.2 Å². The fraction of sp³-hybridized carbons (Fsp3) is 0.211. The number of hydrogen-bond acceptors (Lipinski definition) is 6. The van der Waals surface area contributed by atoms with Crippen molar-refractivity contribution in [1.82, 2.24) is 19.5 Å². The highest BCUT2D eigenvalue weighted by Gasteiger charge is 2.38. The average Bonchev–Trinajstić information content (AvgIpc) is 3.33. The third-order valence-electron chi connectivity index (χ3n) is 4.21. The van der Waals surface area contributed by atoms with Gasteiger partial charge in [0.15, 0.2) is 0 Å². The molecule has 0 aliphatic heterocycles. The molecule has 0 bridgehead atoms. The third kappa shape index (κ3) is 4.51. The Morgan fingerprint density at radius 3 is 2.63 bits per heavy atom. The van der Waals surface area contributed by atoms with E-state index in [9.17, 15) is 17.4 Å². The highest BCUT2D eigenvalue weighted by Crippen LogP contribution is 2.29. The molecule has 1 atom stereocenters. The van der Waals surface area contributed by atoms with Gasteiger partial charge < -0.3 is 8.92 Å². The SMILES string of the molecule is CS(=O)(Cc1ccccc1)=NCc1cn2ccc(-c3noc(C(F)(F)F)n3)cc2n1. The van der Waals surface area contributed by atoms with Gasteiger partial charge in [0.25, 0.3) is 0 Å². The van der Waals surface area contributed by atoms with Gasteiger partial charge in [0.1, 0.15) is 5.65 Å². The van der Waals surface area contributed by atoms with Crippen LogP contribution >= 0.6 is 0 Å². The maximum Gasteiger partial charge on any atom is 0.471 e. The highest BCUT2D eigenvalue weighted by molar-refractivity contribution is 7.92. The monoisotopic (exact) mass is 435 g/mol. The summed E-state index contributed by atoms with van der Waals surface area (Å²) in [5.74, 6) is -1.25. The molecule has 156 valence electrons. The summed E-state index contributed by atoms with van der Waals surface area (Å²) in [6.07, 6.45) is 0.239. The second kappa shape index (κ2) is 7.56. The van der Waals surface area contributed by atoms with Gasteiger partial charge in [0.05, 0.1) is 18.0 Å². The molecule has 0 N–H and O–H groups in total. The van der Waals surface area contributed by atoms with Crippen LogP contribution in [0.25, 0.3) is 17.0 Å². The van der Waals surface area contributed by atoms with Crippen molar-refractivity contribution in [1.29, 1.82) is 0 Å². The van der Waals surface area contributed by atoms with E-state index in [2.05, 4.69) is 24.0 Å². The largest absolute Gasteiger partial charge is 0.471 e. The molecule has 0 saturated heterocycles. The van der Waals surface area contributed by atoms with E-state index >= 15 is 0 Å². The number of hydrogen-bond donors (Lipinski definition) is 0. The van der Waals surface area contributed by atoms with E-state index in [-0.39, 0.29) is 12.4 Å². The smallest absolute Gasteiger partial charge is 0.329 e. The molecule has 3 heterocycles. The normalized spacial score (nSPS) is 14.0. The van der Waals surface area contributed by atoms with E-state index in [0.29, 0.717) is 22.7 Å². The summed E-state index contributed by atoms with van der Waals surface area (Å²) >= 11 is 0. The molecule has 0 fully saturated rings. The van der Waals surface area contributed by atoms with Crippen LogP contribution in [0, 0.1) is 0 Å². The van der Waals surface area contributed by atoms with Crippen LogP contribution in [0.15, 0.2) is 63.7 Å². The fourth-order valence-electron chi connectivity index (χ4n) is 2.84. The molecule has 0 saturated carbocycles. The Balaban J connectivity index is 1.55. The quantitative estimate of drug-likeness (QED) is 0.469. The summed E-state index contributed by atoms with van der Waals surface area (Å²) < 4.78 is 61.0.